The molecule has 0 aliphatic rings. The van der Waals surface area contributed by atoms with Crippen molar-refractivity contribution < 1.29 is 13.5 Å². The van der Waals surface area contributed by atoms with Gasteiger partial charge in [-0.15, -0.1) is 0 Å². The predicted molar refractivity (Wildman–Crippen MR) is 78.1 cm³/mol. The fourth-order valence-corrected chi connectivity index (χ4v) is 2.24. The van der Waals surface area contributed by atoms with Gasteiger partial charge in [0.05, 0.1) is 13.2 Å². The minimum Gasteiger partial charge on any atom is -0.494 e. The summed E-state index contributed by atoms with van der Waals surface area (Å²) in [5.74, 6) is 4.73. The predicted octanol–water partition coefficient (Wildman–Crippen LogP) is 3.37. The summed E-state index contributed by atoms with van der Waals surface area (Å²) in [6, 6.07) is 8.49. The molecule has 21 heavy (non-hydrogen) atoms. The SMILES string of the molecule is COc1ccc(C(Cc2ccc(Cl)cc2F)NN)cc1F. The maximum atomic E-state index is 13.8. The molecule has 2 aromatic carbocycles. The second-order valence-electron chi connectivity index (χ2n) is 4.55. The molecule has 0 aliphatic heterocycles. The van der Waals surface area contributed by atoms with Gasteiger partial charge in [0, 0.05) is 5.02 Å². The summed E-state index contributed by atoms with van der Waals surface area (Å²) in [7, 11) is 1.39. The van der Waals surface area contributed by atoms with Gasteiger partial charge in [-0.3, -0.25) is 11.3 Å². The molecule has 112 valence electrons. The van der Waals surface area contributed by atoms with Crippen LogP contribution in [0.1, 0.15) is 17.2 Å². The molecule has 2 aromatic rings. The normalized spacial score (nSPS) is 12.2. The van der Waals surface area contributed by atoms with Crippen LogP contribution in [0.4, 0.5) is 8.78 Å². The van der Waals surface area contributed by atoms with E-state index in [2.05, 4.69) is 5.43 Å². The van der Waals surface area contributed by atoms with E-state index >= 15 is 0 Å². The van der Waals surface area contributed by atoms with Crippen LogP contribution in [0, 0.1) is 11.6 Å². The number of hydrazine groups is 1. The number of nitrogens with one attached hydrogen (secondary N) is 1. The Morgan fingerprint density at radius 3 is 2.52 bits per heavy atom. The Balaban J connectivity index is 2.25. The summed E-state index contributed by atoms with van der Waals surface area (Å²) in [5, 5.41) is 0.323. The molecule has 0 spiro atoms. The second-order valence-corrected chi connectivity index (χ2v) is 4.99. The molecule has 0 aromatic heterocycles. The van der Waals surface area contributed by atoms with Crippen LogP contribution in [0.2, 0.25) is 5.02 Å². The van der Waals surface area contributed by atoms with Crippen molar-refractivity contribution in [1.29, 1.82) is 0 Å². The summed E-state index contributed by atoms with van der Waals surface area (Å²) in [6.07, 6.45) is 0.269. The van der Waals surface area contributed by atoms with E-state index in [0.29, 0.717) is 16.1 Å². The largest absolute Gasteiger partial charge is 0.494 e. The lowest BCUT2D eigenvalue weighted by atomic mass is 9.99. The summed E-state index contributed by atoms with van der Waals surface area (Å²) in [5.41, 5.74) is 3.61. The highest BCUT2D eigenvalue weighted by molar-refractivity contribution is 6.30. The average Bonchev–Trinajstić information content (AvgIpc) is 2.46. The first-order valence-corrected chi connectivity index (χ1v) is 6.66. The summed E-state index contributed by atoms with van der Waals surface area (Å²) < 4.78 is 32.4. The highest BCUT2D eigenvalue weighted by Crippen LogP contribution is 2.25. The first-order valence-electron chi connectivity index (χ1n) is 6.28. The molecular weight excluding hydrogens is 298 g/mol. The minimum absolute atomic E-state index is 0.146. The monoisotopic (exact) mass is 312 g/mol. The van der Waals surface area contributed by atoms with Gasteiger partial charge in [-0.05, 0) is 41.8 Å². The fraction of sp³-hybridized carbons (Fsp3) is 0.200. The van der Waals surface area contributed by atoms with E-state index in [4.69, 9.17) is 22.2 Å². The summed E-state index contributed by atoms with van der Waals surface area (Å²) >= 11 is 5.71. The van der Waals surface area contributed by atoms with Crippen molar-refractivity contribution in [2.24, 2.45) is 5.84 Å². The van der Waals surface area contributed by atoms with Gasteiger partial charge in [-0.2, -0.15) is 0 Å². The van der Waals surface area contributed by atoms with E-state index in [1.165, 1.54) is 25.3 Å². The molecule has 1 unspecified atom stereocenters. The van der Waals surface area contributed by atoms with Gasteiger partial charge in [0.1, 0.15) is 5.82 Å². The zero-order chi connectivity index (χ0) is 15.4. The van der Waals surface area contributed by atoms with Gasteiger partial charge in [-0.25, -0.2) is 8.78 Å². The Labute approximate surface area is 126 Å². The molecule has 6 heteroatoms. The molecule has 0 amide bonds. The Morgan fingerprint density at radius 2 is 1.95 bits per heavy atom. The molecule has 3 nitrogen and oxygen atoms in total. The standard InChI is InChI=1S/C15H15ClF2N2O/c1-21-15-5-3-10(6-13(15)18)14(20-19)7-9-2-4-11(16)8-12(9)17/h2-6,8,14,20H,7,19H2,1H3. The Kier molecular flexibility index (Phi) is 5.12. The van der Waals surface area contributed by atoms with Crippen LogP contribution in [-0.2, 0) is 6.42 Å². The maximum absolute atomic E-state index is 13.8. The second kappa shape index (κ2) is 6.85. The minimum atomic E-state index is -0.494. The number of hydrogen-bond donors (Lipinski definition) is 2. The zero-order valence-electron chi connectivity index (χ0n) is 11.4. The molecule has 0 fully saturated rings. The van der Waals surface area contributed by atoms with Crippen molar-refractivity contribution in [2.45, 2.75) is 12.5 Å². The Bertz CT molecular complexity index is 637. The smallest absolute Gasteiger partial charge is 0.165 e. The number of hydrogen-bond acceptors (Lipinski definition) is 3. The van der Waals surface area contributed by atoms with Crippen LogP contribution in [0.3, 0.4) is 0 Å². The van der Waals surface area contributed by atoms with Crippen LogP contribution in [-0.4, -0.2) is 7.11 Å². The Hall–Kier alpha value is -1.69. The lowest BCUT2D eigenvalue weighted by molar-refractivity contribution is 0.385. The topological polar surface area (TPSA) is 47.3 Å². The number of rotatable bonds is 5. The number of nitrogens with two attached hydrogens (primary N) is 1. The van der Waals surface area contributed by atoms with Crippen LogP contribution in [0.5, 0.6) is 5.75 Å². The number of ether oxygens (including phenoxy) is 1. The lowest BCUT2D eigenvalue weighted by Gasteiger charge is -2.17. The van der Waals surface area contributed by atoms with Crippen LogP contribution in [0.25, 0.3) is 0 Å². The average molecular weight is 313 g/mol. The van der Waals surface area contributed by atoms with E-state index in [1.807, 2.05) is 0 Å². The molecule has 2 rings (SSSR count). The van der Waals surface area contributed by atoms with E-state index in [1.54, 1.807) is 18.2 Å². The van der Waals surface area contributed by atoms with Crippen molar-refractivity contribution in [2.75, 3.05) is 7.11 Å². The molecule has 0 heterocycles. The number of benzene rings is 2. The third-order valence-electron chi connectivity index (χ3n) is 3.22. The molecule has 0 radical (unpaired) electrons. The van der Waals surface area contributed by atoms with Crippen LogP contribution >= 0.6 is 11.6 Å². The molecule has 1 atom stereocenters. The van der Waals surface area contributed by atoms with Crippen molar-refractivity contribution >= 4 is 11.6 Å². The van der Waals surface area contributed by atoms with Crippen molar-refractivity contribution in [3.05, 3.63) is 64.2 Å². The van der Waals surface area contributed by atoms with Crippen molar-refractivity contribution in [3.8, 4) is 5.75 Å². The van der Waals surface area contributed by atoms with E-state index in [0.717, 1.165) is 0 Å². The van der Waals surface area contributed by atoms with Crippen molar-refractivity contribution in [1.82, 2.24) is 5.43 Å². The highest BCUT2D eigenvalue weighted by atomic mass is 35.5. The number of methoxy groups -OCH3 is 1. The molecule has 3 N–H and O–H groups in total. The maximum Gasteiger partial charge on any atom is 0.165 e. The fourth-order valence-electron chi connectivity index (χ4n) is 2.08. The van der Waals surface area contributed by atoms with E-state index in [9.17, 15) is 8.78 Å². The third-order valence-corrected chi connectivity index (χ3v) is 3.45. The first-order chi connectivity index (χ1) is 10.0. The van der Waals surface area contributed by atoms with Gasteiger partial charge in [0.2, 0.25) is 0 Å². The van der Waals surface area contributed by atoms with Crippen LogP contribution in [0.15, 0.2) is 36.4 Å². The quantitative estimate of drug-likeness (QED) is 0.657. The third kappa shape index (κ3) is 3.69. The van der Waals surface area contributed by atoms with Crippen LogP contribution < -0.4 is 16.0 Å². The molecule has 0 bridgehead atoms. The van der Waals surface area contributed by atoms with Crippen molar-refractivity contribution in [3.63, 3.8) is 0 Å². The first kappa shape index (κ1) is 15.7. The lowest BCUT2D eigenvalue weighted by Crippen LogP contribution is -2.29. The zero-order valence-corrected chi connectivity index (χ0v) is 12.1. The van der Waals surface area contributed by atoms with Gasteiger partial charge < -0.3 is 4.74 Å². The summed E-state index contributed by atoms with van der Waals surface area (Å²) in [6.45, 7) is 0. The van der Waals surface area contributed by atoms with Gasteiger partial charge in [0.15, 0.2) is 11.6 Å². The molecule has 0 aliphatic carbocycles. The molecule has 0 saturated heterocycles. The van der Waals surface area contributed by atoms with Gasteiger partial charge in [-0.1, -0.05) is 23.7 Å². The summed E-state index contributed by atoms with van der Waals surface area (Å²) in [4.78, 5) is 0. The highest BCUT2D eigenvalue weighted by Gasteiger charge is 2.15. The van der Waals surface area contributed by atoms with E-state index < -0.39 is 17.7 Å². The molecular formula is C15H15ClF2N2O. The Morgan fingerprint density at radius 1 is 1.19 bits per heavy atom. The van der Waals surface area contributed by atoms with E-state index in [-0.39, 0.29) is 12.2 Å². The molecule has 0 saturated carbocycles. The van der Waals surface area contributed by atoms with Gasteiger partial charge in [0.25, 0.3) is 0 Å². The van der Waals surface area contributed by atoms with Gasteiger partial charge >= 0.3 is 0 Å². The number of halogens is 3.